The monoisotopic (exact) mass is 291 g/mol. The summed E-state index contributed by atoms with van der Waals surface area (Å²) in [6.07, 6.45) is 5.39. The number of rotatable bonds is 6. The van der Waals surface area contributed by atoms with E-state index >= 15 is 0 Å². The summed E-state index contributed by atoms with van der Waals surface area (Å²) in [5.41, 5.74) is 2.85. The number of methoxy groups -OCH3 is 1. The van der Waals surface area contributed by atoms with Crippen molar-refractivity contribution in [3.63, 3.8) is 0 Å². The third kappa shape index (κ3) is 3.94. The number of nitrogens with one attached hydrogen (secondary N) is 2. The van der Waals surface area contributed by atoms with Crippen molar-refractivity contribution < 1.29 is 9.53 Å². The Kier molecular flexibility index (Phi) is 5.17. The van der Waals surface area contributed by atoms with Crippen LogP contribution in [0.3, 0.4) is 0 Å². The molecule has 0 aromatic rings. The van der Waals surface area contributed by atoms with Crippen molar-refractivity contribution in [1.82, 2.24) is 10.2 Å². The van der Waals surface area contributed by atoms with Crippen LogP contribution in [-0.4, -0.2) is 50.8 Å². The van der Waals surface area contributed by atoms with Crippen molar-refractivity contribution in [3.8, 4) is 0 Å². The number of ketones is 1. The highest BCUT2D eigenvalue weighted by atomic mass is 16.5. The Bertz CT molecular complexity index is 488. The Morgan fingerprint density at radius 2 is 2.14 bits per heavy atom. The number of ether oxygens (including phenoxy) is 1. The number of hydrogen-bond donors (Lipinski definition) is 2. The highest BCUT2D eigenvalue weighted by molar-refractivity contribution is 6.29. The molecule has 21 heavy (non-hydrogen) atoms. The Morgan fingerprint density at radius 1 is 1.43 bits per heavy atom. The molecule has 116 valence electrons. The first-order chi connectivity index (χ1) is 10.0. The Balaban J connectivity index is 2.28. The second-order valence-electron chi connectivity index (χ2n) is 5.91. The van der Waals surface area contributed by atoms with Crippen LogP contribution in [0.5, 0.6) is 0 Å². The molecule has 0 amide bonds. The van der Waals surface area contributed by atoms with Gasteiger partial charge in [-0.1, -0.05) is 0 Å². The molecule has 0 radical (unpaired) electrons. The maximum absolute atomic E-state index is 12.7. The fourth-order valence-corrected chi connectivity index (χ4v) is 2.61. The smallest absolute Gasteiger partial charge is 0.194 e. The van der Waals surface area contributed by atoms with E-state index in [1.54, 1.807) is 7.11 Å². The molecule has 2 N–H and O–H groups in total. The molecular formula is C16H25N3O2. The van der Waals surface area contributed by atoms with Crippen molar-refractivity contribution in [2.45, 2.75) is 25.7 Å². The minimum Gasteiger partial charge on any atom is -0.385 e. The van der Waals surface area contributed by atoms with Crippen molar-refractivity contribution in [1.29, 1.82) is 5.41 Å². The quantitative estimate of drug-likeness (QED) is 0.577. The van der Waals surface area contributed by atoms with E-state index in [0.29, 0.717) is 43.2 Å². The standard InChI is InChI=1S/C16H25N3O2/c1-19(2)10-12-6-7-13(17)14(16(12)20)15(11-4-5-11)18-8-9-21-3/h10-11,17-18H,4-9H2,1-3H3/b12-10+,15-14+,17-13?. The normalized spacial score (nSPS) is 23.5. The van der Waals surface area contributed by atoms with E-state index < -0.39 is 0 Å². The largest absolute Gasteiger partial charge is 0.385 e. The van der Waals surface area contributed by atoms with E-state index in [9.17, 15) is 4.79 Å². The lowest BCUT2D eigenvalue weighted by Crippen LogP contribution is -2.30. The van der Waals surface area contributed by atoms with Crippen molar-refractivity contribution in [2.75, 3.05) is 34.4 Å². The second-order valence-corrected chi connectivity index (χ2v) is 5.91. The zero-order chi connectivity index (χ0) is 15.4. The number of nitrogens with zero attached hydrogens (tertiary/aromatic N) is 1. The zero-order valence-electron chi connectivity index (χ0n) is 13.2. The van der Waals surface area contributed by atoms with Gasteiger partial charge in [-0.25, -0.2) is 0 Å². The highest BCUT2D eigenvalue weighted by Crippen LogP contribution is 2.39. The van der Waals surface area contributed by atoms with Gasteiger partial charge in [-0.3, -0.25) is 4.79 Å². The van der Waals surface area contributed by atoms with E-state index in [0.717, 1.165) is 24.1 Å². The van der Waals surface area contributed by atoms with Crippen LogP contribution in [0.1, 0.15) is 25.7 Å². The molecule has 0 saturated heterocycles. The second kappa shape index (κ2) is 6.89. The van der Waals surface area contributed by atoms with Gasteiger partial charge in [0.25, 0.3) is 0 Å². The lowest BCUT2D eigenvalue weighted by Gasteiger charge is -2.23. The van der Waals surface area contributed by atoms with Crippen molar-refractivity contribution >= 4 is 11.5 Å². The van der Waals surface area contributed by atoms with Crippen LogP contribution in [0.4, 0.5) is 0 Å². The molecule has 2 fully saturated rings. The minimum atomic E-state index is 0.0202. The molecule has 0 aliphatic heterocycles. The highest BCUT2D eigenvalue weighted by Gasteiger charge is 2.35. The molecule has 5 nitrogen and oxygen atoms in total. The van der Waals surface area contributed by atoms with Crippen LogP contribution < -0.4 is 5.32 Å². The molecule has 0 bridgehead atoms. The lowest BCUT2D eigenvalue weighted by molar-refractivity contribution is -0.112. The predicted octanol–water partition coefficient (Wildman–Crippen LogP) is 1.71. The Labute approximate surface area is 126 Å². The van der Waals surface area contributed by atoms with E-state index in [1.165, 1.54) is 0 Å². The molecule has 0 unspecified atom stereocenters. The summed E-state index contributed by atoms with van der Waals surface area (Å²) >= 11 is 0. The third-order valence-corrected chi connectivity index (χ3v) is 3.76. The van der Waals surface area contributed by atoms with Crippen LogP contribution in [-0.2, 0) is 9.53 Å². The molecule has 0 spiro atoms. The van der Waals surface area contributed by atoms with Gasteiger partial charge in [0.15, 0.2) is 5.78 Å². The molecule has 0 aromatic heterocycles. The van der Waals surface area contributed by atoms with Gasteiger partial charge in [-0.2, -0.15) is 0 Å². The summed E-state index contributed by atoms with van der Waals surface area (Å²) in [7, 11) is 5.50. The van der Waals surface area contributed by atoms with Gasteiger partial charge < -0.3 is 20.4 Å². The van der Waals surface area contributed by atoms with Crippen molar-refractivity contribution in [2.24, 2.45) is 5.92 Å². The molecule has 2 rings (SSSR count). The average molecular weight is 291 g/mol. The number of carbonyl (C=O) groups is 1. The van der Waals surface area contributed by atoms with Gasteiger partial charge in [0.2, 0.25) is 0 Å². The molecule has 0 heterocycles. The van der Waals surface area contributed by atoms with Gasteiger partial charge in [0, 0.05) is 50.9 Å². The first kappa shape index (κ1) is 15.8. The maximum Gasteiger partial charge on any atom is 0.194 e. The van der Waals surface area contributed by atoms with E-state index in [-0.39, 0.29) is 5.78 Å². The van der Waals surface area contributed by atoms with Crippen LogP contribution in [0, 0.1) is 11.3 Å². The zero-order valence-corrected chi connectivity index (χ0v) is 13.2. The summed E-state index contributed by atoms with van der Waals surface area (Å²) in [6.45, 7) is 1.28. The minimum absolute atomic E-state index is 0.0202. The first-order valence-electron chi connectivity index (χ1n) is 7.51. The summed E-state index contributed by atoms with van der Waals surface area (Å²) in [6, 6.07) is 0. The number of hydrogen-bond acceptors (Lipinski definition) is 5. The molecule has 2 saturated carbocycles. The van der Waals surface area contributed by atoms with Gasteiger partial charge in [-0.15, -0.1) is 0 Å². The molecule has 0 aromatic carbocycles. The van der Waals surface area contributed by atoms with Gasteiger partial charge in [-0.05, 0) is 31.6 Å². The van der Waals surface area contributed by atoms with Crippen LogP contribution in [0.25, 0.3) is 0 Å². The van der Waals surface area contributed by atoms with Crippen LogP contribution in [0.15, 0.2) is 23.0 Å². The molecule has 2 aliphatic rings. The van der Waals surface area contributed by atoms with Gasteiger partial charge in [0.1, 0.15) is 0 Å². The average Bonchev–Trinajstić information content (AvgIpc) is 3.24. The number of Topliss-reactive ketones (excluding diaryl/α,β-unsaturated/α-hetero) is 1. The summed E-state index contributed by atoms with van der Waals surface area (Å²) in [5.74, 6) is 0.437. The first-order valence-corrected chi connectivity index (χ1v) is 7.51. The molecule has 5 heteroatoms. The SMILES string of the molecule is COCCN/C(=C1\C(=N)CC/C(=C\N(C)C)C1=O)C1CC1. The fraction of sp³-hybridized carbons (Fsp3) is 0.625. The number of carbonyl (C=O) groups excluding carboxylic acids is 1. The maximum atomic E-state index is 12.7. The van der Waals surface area contributed by atoms with Crippen molar-refractivity contribution in [3.05, 3.63) is 23.0 Å². The summed E-state index contributed by atoms with van der Waals surface area (Å²) in [5, 5.41) is 11.5. The lowest BCUT2D eigenvalue weighted by atomic mass is 9.85. The third-order valence-electron chi connectivity index (χ3n) is 3.76. The van der Waals surface area contributed by atoms with E-state index in [1.807, 2.05) is 25.2 Å². The van der Waals surface area contributed by atoms with E-state index in [2.05, 4.69) is 5.32 Å². The Hall–Kier alpha value is -1.62. The molecular weight excluding hydrogens is 266 g/mol. The predicted molar refractivity (Wildman–Crippen MR) is 83.4 cm³/mol. The molecule has 2 aliphatic carbocycles. The summed E-state index contributed by atoms with van der Waals surface area (Å²) < 4.78 is 5.07. The topological polar surface area (TPSA) is 65.4 Å². The number of allylic oxidation sites excluding steroid dienone is 3. The van der Waals surface area contributed by atoms with Gasteiger partial charge in [0.05, 0.1) is 12.2 Å². The summed E-state index contributed by atoms with van der Waals surface area (Å²) in [4.78, 5) is 14.6. The molecule has 0 atom stereocenters. The Morgan fingerprint density at radius 3 is 2.71 bits per heavy atom. The van der Waals surface area contributed by atoms with Gasteiger partial charge >= 0.3 is 0 Å². The van der Waals surface area contributed by atoms with E-state index in [4.69, 9.17) is 10.1 Å². The fourth-order valence-electron chi connectivity index (χ4n) is 2.61. The van der Waals surface area contributed by atoms with Crippen LogP contribution in [0.2, 0.25) is 0 Å². The van der Waals surface area contributed by atoms with Crippen LogP contribution >= 0.6 is 0 Å².